The summed E-state index contributed by atoms with van der Waals surface area (Å²) >= 11 is 0. The van der Waals surface area contributed by atoms with Crippen molar-refractivity contribution in [2.75, 3.05) is 20.1 Å². The number of aryl methyl sites for hydroxylation is 2. The molecule has 1 aromatic heterocycles. The van der Waals surface area contributed by atoms with Crippen LogP contribution in [0.5, 0.6) is 0 Å². The molecule has 1 aromatic carbocycles. The van der Waals surface area contributed by atoms with Gasteiger partial charge in [-0.1, -0.05) is 35.5 Å². The molecule has 1 spiro atoms. The summed E-state index contributed by atoms with van der Waals surface area (Å²) in [7, 11) is 1.91. The summed E-state index contributed by atoms with van der Waals surface area (Å²) in [5.41, 5.74) is 2.13. The van der Waals surface area contributed by atoms with Crippen molar-refractivity contribution in [3.8, 4) is 0 Å². The van der Waals surface area contributed by atoms with Crippen LogP contribution in [0.3, 0.4) is 0 Å². The number of carbonyl (C=O) groups excluding carboxylic acids is 2. The number of carbonyl (C=O) groups is 2. The van der Waals surface area contributed by atoms with E-state index >= 15 is 0 Å². The molecule has 0 aliphatic carbocycles. The Hall–Kier alpha value is -2.63. The molecule has 1 atom stereocenters. The predicted molar refractivity (Wildman–Crippen MR) is 100 cm³/mol. The molecule has 4 rings (SSSR count). The molecule has 2 fully saturated rings. The van der Waals surface area contributed by atoms with Crippen LogP contribution in [0.1, 0.15) is 52.6 Å². The zero-order chi connectivity index (χ0) is 19.2. The van der Waals surface area contributed by atoms with Gasteiger partial charge in [0.05, 0.1) is 11.6 Å². The Morgan fingerprint density at radius 2 is 1.85 bits per heavy atom. The van der Waals surface area contributed by atoms with E-state index in [-0.39, 0.29) is 23.3 Å². The molecular formula is C21H25N3O3. The van der Waals surface area contributed by atoms with Gasteiger partial charge >= 0.3 is 0 Å². The zero-order valence-electron chi connectivity index (χ0n) is 16.1. The van der Waals surface area contributed by atoms with E-state index in [1.807, 2.05) is 47.2 Å². The molecule has 6 heteroatoms. The van der Waals surface area contributed by atoms with Gasteiger partial charge in [-0.25, -0.2) is 0 Å². The van der Waals surface area contributed by atoms with Gasteiger partial charge in [0.1, 0.15) is 11.3 Å². The van der Waals surface area contributed by atoms with Gasteiger partial charge in [-0.15, -0.1) is 0 Å². The second kappa shape index (κ2) is 6.51. The maximum Gasteiger partial charge on any atom is 0.259 e. The molecule has 0 radical (unpaired) electrons. The number of hydrogen-bond donors (Lipinski definition) is 0. The molecule has 2 aromatic rings. The van der Waals surface area contributed by atoms with E-state index < -0.39 is 0 Å². The first kappa shape index (κ1) is 17.8. The number of hydrogen-bond acceptors (Lipinski definition) is 4. The second-order valence-corrected chi connectivity index (χ2v) is 7.78. The van der Waals surface area contributed by atoms with E-state index in [1.54, 1.807) is 13.8 Å². The number of likely N-dealkylation sites (N-methyl/N-ethyl adjacent to an activating group) is 1. The topological polar surface area (TPSA) is 66.7 Å². The SMILES string of the molecule is Cc1noc(C)c1C(=O)N1CCC2(CC1)C[C@H](c1ccccc1)C(=O)N2C. The van der Waals surface area contributed by atoms with Crippen LogP contribution >= 0.6 is 0 Å². The minimum atomic E-state index is -0.160. The number of benzene rings is 1. The molecule has 0 saturated carbocycles. The van der Waals surface area contributed by atoms with E-state index in [0.29, 0.717) is 30.1 Å². The molecule has 2 saturated heterocycles. The van der Waals surface area contributed by atoms with Gasteiger partial charge in [0.15, 0.2) is 0 Å². The summed E-state index contributed by atoms with van der Waals surface area (Å²) in [5.74, 6) is 0.649. The van der Waals surface area contributed by atoms with Crippen molar-refractivity contribution in [3.63, 3.8) is 0 Å². The maximum atomic E-state index is 12.9. The summed E-state index contributed by atoms with van der Waals surface area (Å²) in [6.07, 6.45) is 2.42. The van der Waals surface area contributed by atoms with E-state index in [0.717, 1.165) is 24.8 Å². The summed E-state index contributed by atoms with van der Waals surface area (Å²) in [5, 5.41) is 3.89. The normalized spacial score (nSPS) is 21.9. The van der Waals surface area contributed by atoms with Crippen molar-refractivity contribution in [2.24, 2.45) is 0 Å². The Morgan fingerprint density at radius 1 is 1.19 bits per heavy atom. The fraction of sp³-hybridized carbons (Fsp3) is 0.476. The highest BCUT2D eigenvalue weighted by Crippen LogP contribution is 2.45. The van der Waals surface area contributed by atoms with Crippen LogP contribution in [-0.4, -0.2) is 52.4 Å². The molecule has 0 bridgehead atoms. The number of nitrogens with zero attached hydrogens (tertiary/aromatic N) is 3. The minimum absolute atomic E-state index is 0.0207. The quantitative estimate of drug-likeness (QED) is 0.819. The lowest BCUT2D eigenvalue weighted by Gasteiger charge is -2.43. The van der Waals surface area contributed by atoms with Gasteiger partial charge < -0.3 is 14.3 Å². The molecule has 142 valence electrons. The molecule has 6 nitrogen and oxygen atoms in total. The lowest BCUT2D eigenvalue weighted by Crippen LogP contribution is -2.52. The second-order valence-electron chi connectivity index (χ2n) is 7.78. The van der Waals surface area contributed by atoms with Gasteiger partial charge in [-0.2, -0.15) is 0 Å². The van der Waals surface area contributed by atoms with E-state index in [1.165, 1.54) is 0 Å². The minimum Gasteiger partial charge on any atom is -0.361 e. The van der Waals surface area contributed by atoms with Crippen molar-refractivity contribution in [2.45, 2.75) is 44.6 Å². The van der Waals surface area contributed by atoms with Crippen LogP contribution in [0.2, 0.25) is 0 Å². The lowest BCUT2D eigenvalue weighted by atomic mass is 9.81. The Kier molecular flexibility index (Phi) is 4.29. The van der Waals surface area contributed by atoms with Crippen LogP contribution < -0.4 is 0 Å². The van der Waals surface area contributed by atoms with Crippen molar-refractivity contribution < 1.29 is 14.1 Å². The fourth-order valence-electron chi connectivity index (χ4n) is 4.63. The molecule has 2 amide bonds. The van der Waals surface area contributed by atoms with Crippen LogP contribution in [0.4, 0.5) is 0 Å². The van der Waals surface area contributed by atoms with Gasteiger partial charge in [0, 0.05) is 25.7 Å². The third-order valence-electron chi connectivity index (χ3n) is 6.35. The Bertz CT molecular complexity index is 847. The van der Waals surface area contributed by atoms with Crippen molar-refractivity contribution in [3.05, 3.63) is 52.9 Å². The summed E-state index contributed by atoms with van der Waals surface area (Å²) in [4.78, 5) is 29.6. The highest BCUT2D eigenvalue weighted by molar-refractivity contribution is 5.96. The fourth-order valence-corrected chi connectivity index (χ4v) is 4.63. The first-order chi connectivity index (χ1) is 12.9. The molecule has 2 aliphatic rings. The molecule has 27 heavy (non-hydrogen) atoms. The zero-order valence-corrected chi connectivity index (χ0v) is 16.1. The van der Waals surface area contributed by atoms with E-state index in [9.17, 15) is 9.59 Å². The number of rotatable bonds is 2. The maximum absolute atomic E-state index is 12.9. The number of likely N-dealkylation sites (tertiary alicyclic amines) is 2. The monoisotopic (exact) mass is 367 g/mol. The smallest absolute Gasteiger partial charge is 0.259 e. The van der Waals surface area contributed by atoms with Gasteiger partial charge in [0.25, 0.3) is 5.91 Å². The highest BCUT2D eigenvalue weighted by atomic mass is 16.5. The van der Waals surface area contributed by atoms with Gasteiger partial charge in [-0.3, -0.25) is 9.59 Å². The van der Waals surface area contributed by atoms with Crippen LogP contribution in [0.25, 0.3) is 0 Å². The lowest BCUT2D eigenvalue weighted by molar-refractivity contribution is -0.131. The number of amides is 2. The largest absolute Gasteiger partial charge is 0.361 e. The van der Waals surface area contributed by atoms with Crippen LogP contribution in [-0.2, 0) is 4.79 Å². The molecule has 0 N–H and O–H groups in total. The summed E-state index contributed by atoms with van der Waals surface area (Å²) in [6.45, 7) is 4.85. The van der Waals surface area contributed by atoms with Crippen LogP contribution in [0, 0.1) is 13.8 Å². The Morgan fingerprint density at radius 3 is 2.44 bits per heavy atom. The number of aromatic nitrogens is 1. The van der Waals surface area contributed by atoms with Crippen molar-refractivity contribution >= 4 is 11.8 Å². The average molecular weight is 367 g/mol. The Labute approximate surface area is 159 Å². The third-order valence-corrected chi connectivity index (χ3v) is 6.35. The standard InChI is InChI=1S/C21H25N3O3/c1-14-18(15(2)27-22-14)20(26)24-11-9-21(10-12-24)13-17(19(25)23(21)3)16-7-5-4-6-8-16/h4-8,17H,9-13H2,1-3H3/t17-/m1/s1. The van der Waals surface area contributed by atoms with Crippen molar-refractivity contribution in [1.29, 1.82) is 0 Å². The Balaban J connectivity index is 1.50. The van der Waals surface area contributed by atoms with E-state index in [2.05, 4.69) is 5.16 Å². The first-order valence-electron chi connectivity index (χ1n) is 9.48. The predicted octanol–water partition coefficient (Wildman–Crippen LogP) is 2.91. The highest BCUT2D eigenvalue weighted by Gasteiger charge is 2.51. The van der Waals surface area contributed by atoms with Gasteiger partial charge in [-0.05, 0) is 38.7 Å². The summed E-state index contributed by atoms with van der Waals surface area (Å²) < 4.78 is 5.14. The van der Waals surface area contributed by atoms with Gasteiger partial charge in [0.2, 0.25) is 5.91 Å². The summed E-state index contributed by atoms with van der Waals surface area (Å²) in [6, 6.07) is 10.0. The first-order valence-corrected chi connectivity index (χ1v) is 9.48. The average Bonchev–Trinajstić information content (AvgIpc) is 3.14. The molecule has 3 heterocycles. The van der Waals surface area contributed by atoms with Crippen molar-refractivity contribution in [1.82, 2.24) is 15.0 Å². The van der Waals surface area contributed by atoms with E-state index in [4.69, 9.17) is 4.52 Å². The molecule has 2 aliphatic heterocycles. The molecule has 0 unspecified atom stereocenters. The number of piperidine rings is 1. The third kappa shape index (κ3) is 2.83. The van der Waals surface area contributed by atoms with Crippen LogP contribution in [0.15, 0.2) is 34.9 Å². The molecular weight excluding hydrogens is 342 g/mol.